The molecule has 1 saturated heterocycles. The summed E-state index contributed by atoms with van der Waals surface area (Å²) in [5.74, 6) is -2.11. The van der Waals surface area contributed by atoms with Crippen LogP contribution in [0.3, 0.4) is 0 Å². The highest BCUT2D eigenvalue weighted by molar-refractivity contribution is 7.89. The summed E-state index contributed by atoms with van der Waals surface area (Å²) in [6.45, 7) is 6.19. The van der Waals surface area contributed by atoms with Crippen LogP contribution in [0.4, 0.5) is 0 Å². The summed E-state index contributed by atoms with van der Waals surface area (Å²) in [5.41, 5.74) is 0. The van der Waals surface area contributed by atoms with Gasteiger partial charge in [-0.2, -0.15) is 4.31 Å². The third-order valence-corrected chi connectivity index (χ3v) is 6.40. The number of rotatable bonds is 8. The second-order valence-corrected chi connectivity index (χ2v) is 8.92. The van der Waals surface area contributed by atoms with Gasteiger partial charge in [-0.05, 0) is 32.1 Å². The number of amides is 1. The first-order valence-electron chi connectivity index (χ1n) is 8.74. The van der Waals surface area contributed by atoms with Gasteiger partial charge in [0.1, 0.15) is 10.7 Å². The molecule has 0 aliphatic carbocycles. The molecular formula is C17H26N2O6S. The maximum Gasteiger partial charge on any atom is 0.308 e. The monoisotopic (exact) mass is 386 g/mol. The molecule has 2 N–H and O–H groups in total. The zero-order chi connectivity index (χ0) is 19.5. The quantitative estimate of drug-likeness (QED) is 0.704. The van der Waals surface area contributed by atoms with Gasteiger partial charge in [-0.25, -0.2) is 8.42 Å². The molecule has 0 bridgehead atoms. The minimum absolute atomic E-state index is 0.0125. The summed E-state index contributed by atoms with van der Waals surface area (Å²) in [7, 11) is -3.68. The van der Waals surface area contributed by atoms with Crippen molar-refractivity contribution in [2.75, 3.05) is 19.6 Å². The zero-order valence-electron chi connectivity index (χ0n) is 15.3. The Kier molecular flexibility index (Phi) is 6.46. The second-order valence-electron chi connectivity index (χ2n) is 7.02. The number of carboxylic acid groups (broad SMARTS) is 1. The normalized spacial score (nSPS) is 16.8. The van der Waals surface area contributed by atoms with Gasteiger partial charge in [0.2, 0.25) is 10.0 Å². The maximum atomic E-state index is 12.6. The van der Waals surface area contributed by atoms with Crippen LogP contribution < -0.4 is 5.32 Å². The number of aliphatic carboxylic acids is 1. The predicted octanol–water partition coefficient (Wildman–Crippen LogP) is 1.85. The smallest absolute Gasteiger partial charge is 0.308 e. The molecule has 2 rings (SSSR count). The van der Waals surface area contributed by atoms with E-state index in [9.17, 15) is 23.1 Å². The van der Waals surface area contributed by atoms with Crippen LogP contribution in [0, 0.1) is 18.8 Å². The first-order chi connectivity index (χ1) is 12.1. The number of hydrogen-bond donors (Lipinski definition) is 2. The van der Waals surface area contributed by atoms with Crippen molar-refractivity contribution in [1.29, 1.82) is 0 Å². The summed E-state index contributed by atoms with van der Waals surface area (Å²) in [5, 5.41) is 11.7. The molecular weight excluding hydrogens is 360 g/mol. The highest BCUT2D eigenvalue weighted by Gasteiger charge is 2.32. The highest BCUT2D eigenvalue weighted by atomic mass is 32.2. The van der Waals surface area contributed by atoms with Gasteiger partial charge in [0.05, 0.1) is 5.92 Å². The Hall–Kier alpha value is -1.87. The van der Waals surface area contributed by atoms with Crippen molar-refractivity contribution in [3.8, 4) is 0 Å². The molecule has 146 valence electrons. The van der Waals surface area contributed by atoms with Gasteiger partial charge in [-0.3, -0.25) is 9.59 Å². The maximum absolute atomic E-state index is 12.6. The van der Waals surface area contributed by atoms with E-state index in [0.717, 1.165) is 12.8 Å². The lowest BCUT2D eigenvalue weighted by molar-refractivity contribution is -0.142. The molecule has 1 aromatic heterocycles. The number of nitrogens with zero attached hydrogens (tertiary/aromatic N) is 1. The number of carbonyl (C=O) groups excluding carboxylic acids is 1. The first-order valence-corrected chi connectivity index (χ1v) is 10.2. The Labute approximate surface area is 153 Å². The number of hydrogen-bond acceptors (Lipinski definition) is 5. The van der Waals surface area contributed by atoms with E-state index in [-0.39, 0.29) is 28.9 Å². The molecule has 1 aromatic rings. The topological polar surface area (TPSA) is 117 Å². The molecule has 1 fully saturated rings. The summed E-state index contributed by atoms with van der Waals surface area (Å²) < 4.78 is 32.0. The molecule has 0 radical (unpaired) electrons. The van der Waals surface area contributed by atoms with E-state index in [1.54, 1.807) is 0 Å². The minimum atomic E-state index is -3.68. The van der Waals surface area contributed by atoms with Crippen LogP contribution in [0.1, 0.15) is 49.4 Å². The Morgan fingerprint density at radius 2 is 1.92 bits per heavy atom. The number of aryl methyl sites for hydroxylation is 1. The Morgan fingerprint density at radius 1 is 1.31 bits per heavy atom. The number of sulfonamides is 1. The van der Waals surface area contributed by atoms with Crippen molar-refractivity contribution in [2.45, 2.75) is 44.9 Å². The molecule has 1 aliphatic rings. The standard InChI is InChI=1S/C17H26N2O6S/c1-11(2)8-13(17(21)22)10-18-16(20)14-9-15(12(3)25-14)26(23,24)19-6-4-5-7-19/h9,11,13H,4-8,10H2,1-3H3,(H,18,20)(H,21,22)/t13-/m1/s1. The fourth-order valence-electron chi connectivity index (χ4n) is 3.04. The van der Waals surface area contributed by atoms with Crippen LogP contribution in [-0.4, -0.2) is 49.3 Å². The van der Waals surface area contributed by atoms with Crippen LogP contribution in [0.25, 0.3) is 0 Å². The summed E-state index contributed by atoms with van der Waals surface area (Å²) in [4.78, 5) is 23.5. The first kappa shape index (κ1) is 20.4. The third kappa shape index (κ3) is 4.64. The summed E-state index contributed by atoms with van der Waals surface area (Å²) in [6.07, 6.45) is 2.06. The van der Waals surface area contributed by atoms with Gasteiger partial charge in [0.25, 0.3) is 5.91 Å². The van der Waals surface area contributed by atoms with Crippen LogP contribution in [-0.2, 0) is 14.8 Å². The SMILES string of the molecule is Cc1oc(C(=O)NC[C@@H](CC(C)C)C(=O)O)cc1S(=O)(=O)N1CCCC1. The largest absolute Gasteiger partial charge is 0.481 e. The average molecular weight is 386 g/mol. The highest BCUT2D eigenvalue weighted by Crippen LogP contribution is 2.26. The molecule has 8 nitrogen and oxygen atoms in total. The van der Waals surface area contributed by atoms with E-state index in [1.807, 2.05) is 13.8 Å². The van der Waals surface area contributed by atoms with Gasteiger partial charge in [0, 0.05) is 25.7 Å². The van der Waals surface area contributed by atoms with Crippen molar-refractivity contribution in [3.05, 3.63) is 17.6 Å². The van der Waals surface area contributed by atoms with E-state index in [1.165, 1.54) is 17.3 Å². The Morgan fingerprint density at radius 3 is 2.46 bits per heavy atom. The minimum Gasteiger partial charge on any atom is -0.481 e. The van der Waals surface area contributed by atoms with Crippen molar-refractivity contribution >= 4 is 21.9 Å². The van der Waals surface area contributed by atoms with Crippen LogP contribution in [0.15, 0.2) is 15.4 Å². The van der Waals surface area contributed by atoms with Gasteiger partial charge < -0.3 is 14.8 Å². The Balaban J connectivity index is 2.10. The van der Waals surface area contributed by atoms with Crippen molar-refractivity contribution < 1.29 is 27.5 Å². The molecule has 2 heterocycles. The van der Waals surface area contributed by atoms with Crippen LogP contribution in [0.5, 0.6) is 0 Å². The van der Waals surface area contributed by atoms with E-state index < -0.39 is 27.8 Å². The van der Waals surface area contributed by atoms with E-state index >= 15 is 0 Å². The van der Waals surface area contributed by atoms with E-state index in [2.05, 4.69) is 5.32 Å². The number of furan rings is 1. The molecule has 1 atom stereocenters. The van der Waals surface area contributed by atoms with E-state index in [4.69, 9.17) is 4.42 Å². The second kappa shape index (κ2) is 8.22. The van der Waals surface area contributed by atoms with Gasteiger partial charge in [0.15, 0.2) is 5.76 Å². The van der Waals surface area contributed by atoms with Crippen molar-refractivity contribution in [1.82, 2.24) is 9.62 Å². The number of nitrogens with one attached hydrogen (secondary N) is 1. The summed E-state index contributed by atoms with van der Waals surface area (Å²) in [6, 6.07) is 1.22. The Bertz CT molecular complexity index is 762. The van der Waals surface area contributed by atoms with Gasteiger partial charge in [-0.15, -0.1) is 0 Å². The molecule has 0 unspecified atom stereocenters. The zero-order valence-corrected chi connectivity index (χ0v) is 16.1. The lowest BCUT2D eigenvalue weighted by Crippen LogP contribution is -2.33. The fraction of sp³-hybridized carbons (Fsp3) is 0.647. The fourth-order valence-corrected chi connectivity index (χ4v) is 4.72. The average Bonchev–Trinajstić information content (AvgIpc) is 3.20. The predicted molar refractivity (Wildman–Crippen MR) is 94.4 cm³/mol. The van der Waals surface area contributed by atoms with Crippen molar-refractivity contribution in [3.63, 3.8) is 0 Å². The molecule has 1 aliphatic heterocycles. The van der Waals surface area contributed by atoms with Crippen LogP contribution >= 0.6 is 0 Å². The van der Waals surface area contributed by atoms with E-state index in [0.29, 0.717) is 19.5 Å². The molecule has 26 heavy (non-hydrogen) atoms. The number of carbonyl (C=O) groups is 2. The van der Waals surface area contributed by atoms with Crippen LogP contribution in [0.2, 0.25) is 0 Å². The lowest BCUT2D eigenvalue weighted by atomic mass is 9.97. The van der Waals surface area contributed by atoms with Crippen molar-refractivity contribution in [2.24, 2.45) is 11.8 Å². The molecule has 1 amide bonds. The van der Waals surface area contributed by atoms with Gasteiger partial charge in [-0.1, -0.05) is 13.8 Å². The molecule has 0 saturated carbocycles. The summed E-state index contributed by atoms with van der Waals surface area (Å²) >= 11 is 0. The molecule has 0 spiro atoms. The third-order valence-electron chi connectivity index (χ3n) is 4.39. The molecule has 0 aromatic carbocycles. The molecule has 9 heteroatoms. The lowest BCUT2D eigenvalue weighted by Gasteiger charge is -2.14. The number of carboxylic acids is 1. The van der Waals surface area contributed by atoms with Gasteiger partial charge >= 0.3 is 5.97 Å².